The number of halogens is 1. The summed E-state index contributed by atoms with van der Waals surface area (Å²) in [5.41, 5.74) is 0.549. The topological polar surface area (TPSA) is 55.0 Å². The first-order chi connectivity index (χ1) is 7.72. The number of rotatable bonds is 3. The number of nitrogens with zero attached hydrogens (tertiary/aromatic N) is 1. The SMILES string of the molecule is COc1ccc(F)cc1C(=O)c1cn[nH]c1. The van der Waals surface area contributed by atoms with Crippen molar-refractivity contribution < 1.29 is 13.9 Å². The summed E-state index contributed by atoms with van der Waals surface area (Å²) in [4.78, 5) is 11.9. The molecule has 82 valence electrons. The number of benzene rings is 1. The molecule has 0 amide bonds. The highest BCUT2D eigenvalue weighted by Gasteiger charge is 2.15. The molecule has 2 aromatic rings. The van der Waals surface area contributed by atoms with Gasteiger partial charge in [-0.2, -0.15) is 5.10 Å². The van der Waals surface area contributed by atoms with Crippen LogP contribution in [0.1, 0.15) is 15.9 Å². The average Bonchev–Trinajstić information content (AvgIpc) is 2.81. The molecule has 0 bridgehead atoms. The van der Waals surface area contributed by atoms with Gasteiger partial charge in [-0.15, -0.1) is 0 Å². The summed E-state index contributed by atoms with van der Waals surface area (Å²) in [6.07, 6.45) is 2.83. The van der Waals surface area contributed by atoms with E-state index in [1.165, 1.54) is 31.6 Å². The maximum atomic E-state index is 13.1. The van der Waals surface area contributed by atoms with Gasteiger partial charge in [-0.25, -0.2) is 4.39 Å². The molecule has 1 heterocycles. The Morgan fingerprint density at radius 3 is 2.94 bits per heavy atom. The van der Waals surface area contributed by atoms with Crippen molar-refractivity contribution in [3.8, 4) is 5.75 Å². The molecule has 1 N–H and O–H groups in total. The van der Waals surface area contributed by atoms with Gasteiger partial charge in [0.25, 0.3) is 0 Å². The van der Waals surface area contributed by atoms with Crippen molar-refractivity contribution in [2.24, 2.45) is 0 Å². The van der Waals surface area contributed by atoms with Crippen molar-refractivity contribution in [2.45, 2.75) is 0 Å². The molecule has 1 aromatic heterocycles. The molecule has 16 heavy (non-hydrogen) atoms. The van der Waals surface area contributed by atoms with Crippen molar-refractivity contribution >= 4 is 5.78 Å². The summed E-state index contributed by atoms with van der Waals surface area (Å²) in [5.74, 6) is -0.467. The smallest absolute Gasteiger partial charge is 0.200 e. The summed E-state index contributed by atoms with van der Waals surface area (Å²) < 4.78 is 18.1. The Morgan fingerprint density at radius 1 is 1.50 bits per heavy atom. The van der Waals surface area contributed by atoms with Crippen LogP contribution in [0.5, 0.6) is 5.75 Å². The Morgan fingerprint density at radius 2 is 2.31 bits per heavy atom. The number of aromatic nitrogens is 2. The van der Waals surface area contributed by atoms with Crippen LogP contribution in [0.2, 0.25) is 0 Å². The Balaban J connectivity index is 2.47. The third kappa shape index (κ3) is 1.79. The lowest BCUT2D eigenvalue weighted by Gasteiger charge is -2.06. The van der Waals surface area contributed by atoms with E-state index in [0.717, 1.165) is 6.07 Å². The first-order valence-corrected chi connectivity index (χ1v) is 4.59. The van der Waals surface area contributed by atoms with Gasteiger partial charge in [0.05, 0.1) is 24.4 Å². The molecule has 0 saturated carbocycles. The van der Waals surface area contributed by atoms with Crippen molar-refractivity contribution in [1.82, 2.24) is 10.2 Å². The highest BCUT2D eigenvalue weighted by Crippen LogP contribution is 2.22. The number of carbonyl (C=O) groups is 1. The van der Waals surface area contributed by atoms with Gasteiger partial charge in [0.2, 0.25) is 0 Å². The molecule has 1 aromatic carbocycles. The second-order valence-electron chi connectivity index (χ2n) is 3.16. The number of methoxy groups -OCH3 is 1. The van der Waals surface area contributed by atoms with Crippen LogP contribution in [0.3, 0.4) is 0 Å². The van der Waals surface area contributed by atoms with E-state index < -0.39 is 5.82 Å². The molecule has 4 nitrogen and oxygen atoms in total. The fraction of sp³-hybridized carbons (Fsp3) is 0.0909. The Bertz CT molecular complexity index is 509. The lowest BCUT2D eigenvalue weighted by Crippen LogP contribution is -2.03. The molecular formula is C11H9FN2O2. The summed E-state index contributed by atoms with van der Waals surface area (Å²) in [5, 5.41) is 6.19. The fourth-order valence-corrected chi connectivity index (χ4v) is 1.39. The van der Waals surface area contributed by atoms with Gasteiger partial charge < -0.3 is 4.74 Å². The quantitative estimate of drug-likeness (QED) is 0.802. The zero-order valence-corrected chi connectivity index (χ0v) is 8.53. The van der Waals surface area contributed by atoms with E-state index in [-0.39, 0.29) is 11.3 Å². The molecule has 0 fully saturated rings. The van der Waals surface area contributed by atoms with Gasteiger partial charge in [0.1, 0.15) is 11.6 Å². The zero-order valence-electron chi connectivity index (χ0n) is 8.53. The highest BCUT2D eigenvalue weighted by molar-refractivity contribution is 6.10. The molecule has 0 aliphatic rings. The standard InChI is InChI=1S/C11H9FN2O2/c1-16-10-3-2-8(12)4-9(10)11(15)7-5-13-14-6-7/h2-6H,1H3,(H,13,14). The van der Waals surface area contributed by atoms with Crippen LogP contribution in [0.4, 0.5) is 4.39 Å². The van der Waals surface area contributed by atoms with Gasteiger partial charge in [-0.05, 0) is 18.2 Å². The van der Waals surface area contributed by atoms with E-state index in [1.54, 1.807) is 0 Å². The van der Waals surface area contributed by atoms with Crippen LogP contribution in [0.15, 0.2) is 30.6 Å². The monoisotopic (exact) mass is 220 g/mol. The van der Waals surface area contributed by atoms with Crippen LogP contribution in [0.25, 0.3) is 0 Å². The van der Waals surface area contributed by atoms with Crippen molar-refractivity contribution in [1.29, 1.82) is 0 Å². The Kier molecular flexibility index (Phi) is 2.68. The zero-order chi connectivity index (χ0) is 11.5. The number of ketones is 1. The van der Waals surface area contributed by atoms with Crippen molar-refractivity contribution in [2.75, 3.05) is 7.11 Å². The minimum absolute atomic E-state index is 0.184. The number of aromatic amines is 1. The van der Waals surface area contributed by atoms with E-state index in [1.807, 2.05) is 0 Å². The largest absolute Gasteiger partial charge is 0.496 e. The van der Waals surface area contributed by atoms with Crippen molar-refractivity contribution in [3.05, 3.63) is 47.5 Å². The molecule has 0 atom stereocenters. The minimum atomic E-state index is -0.479. The molecule has 0 saturated heterocycles. The molecule has 5 heteroatoms. The highest BCUT2D eigenvalue weighted by atomic mass is 19.1. The van der Waals surface area contributed by atoms with E-state index in [9.17, 15) is 9.18 Å². The Hall–Kier alpha value is -2.17. The van der Waals surface area contributed by atoms with Gasteiger partial charge in [-0.1, -0.05) is 0 Å². The summed E-state index contributed by atoms with van der Waals surface area (Å²) in [6, 6.07) is 3.81. The molecule has 0 unspecified atom stereocenters. The molecule has 0 aliphatic carbocycles. The maximum absolute atomic E-state index is 13.1. The number of ether oxygens (including phenoxy) is 1. The summed E-state index contributed by atoms with van der Waals surface area (Å²) in [6.45, 7) is 0. The minimum Gasteiger partial charge on any atom is -0.496 e. The predicted molar refractivity (Wildman–Crippen MR) is 55.0 cm³/mol. The third-order valence-electron chi connectivity index (χ3n) is 2.17. The van der Waals surface area contributed by atoms with E-state index >= 15 is 0 Å². The number of carbonyl (C=O) groups excluding carboxylic acids is 1. The van der Waals surface area contributed by atoms with Gasteiger partial charge in [0.15, 0.2) is 5.78 Å². The first-order valence-electron chi connectivity index (χ1n) is 4.59. The van der Waals surface area contributed by atoms with Crippen molar-refractivity contribution in [3.63, 3.8) is 0 Å². The lowest BCUT2D eigenvalue weighted by atomic mass is 10.1. The average molecular weight is 220 g/mol. The third-order valence-corrected chi connectivity index (χ3v) is 2.17. The first kappa shape index (κ1) is 10.4. The second kappa shape index (κ2) is 4.14. The number of H-pyrrole nitrogens is 1. The Labute approximate surface area is 91.1 Å². The molecular weight excluding hydrogens is 211 g/mol. The van der Waals surface area contributed by atoms with Crippen LogP contribution in [0, 0.1) is 5.82 Å². The van der Waals surface area contributed by atoms with Crippen LogP contribution < -0.4 is 4.74 Å². The second-order valence-corrected chi connectivity index (χ2v) is 3.16. The molecule has 0 spiro atoms. The lowest BCUT2D eigenvalue weighted by molar-refractivity contribution is 0.103. The molecule has 2 rings (SSSR count). The summed E-state index contributed by atoms with van der Waals surface area (Å²) in [7, 11) is 1.43. The number of hydrogen-bond donors (Lipinski definition) is 1. The number of nitrogens with one attached hydrogen (secondary N) is 1. The van der Waals surface area contributed by atoms with Gasteiger partial charge in [-0.3, -0.25) is 9.89 Å². The predicted octanol–water partition coefficient (Wildman–Crippen LogP) is 1.79. The van der Waals surface area contributed by atoms with Crippen LogP contribution in [-0.2, 0) is 0 Å². The van der Waals surface area contributed by atoms with E-state index in [0.29, 0.717) is 11.3 Å². The van der Waals surface area contributed by atoms with Gasteiger partial charge >= 0.3 is 0 Å². The normalized spacial score (nSPS) is 10.1. The van der Waals surface area contributed by atoms with Gasteiger partial charge in [0, 0.05) is 6.20 Å². The molecule has 0 aliphatic heterocycles. The maximum Gasteiger partial charge on any atom is 0.200 e. The van der Waals surface area contributed by atoms with Crippen LogP contribution >= 0.6 is 0 Å². The fourth-order valence-electron chi connectivity index (χ4n) is 1.39. The summed E-state index contributed by atoms with van der Waals surface area (Å²) >= 11 is 0. The number of hydrogen-bond acceptors (Lipinski definition) is 3. The van der Waals surface area contributed by atoms with Crippen LogP contribution in [-0.4, -0.2) is 23.1 Å². The van der Waals surface area contributed by atoms with E-state index in [4.69, 9.17) is 4.74 Å². The molecule has 0 radical (unpaired) electrons. The van der Waals surface area contributed by atoms with E-state index in [2.05, 4.69) is 10.2 Å².